The van der Waals surface area contributed by atoms with Crippen LogP contribution in [0.25, 0.3) is 0 Å². The molecule has 5 nitrogen and oxygen atoms in total. The zero-order chi connectivity index (χ0) is 26.2. The third-order valence-corrected chi connectivity index (χ3v) is 13.1. The highest BCUT2D eigenvalue weighted by molar-refractivity contribution is 5.95. The number of fused-ring (bicyclic) bond motifs is 5. The maximum atomic E-state index is 13.6. The second-order valence-corrected chi connectivity index (χ2v) is 14.1. The van der Waals surface area contributed by atoms with Gasteiger partial charge in [-0.3, -0.25) is 4.79 Å². The third kappa shape index (κ3) is 3.61. The highest BCUT2D eigenvalue weighted by Gasteiger charge is 2.67. The molecule has 5 fully saturated rings. The highest BCUT2D eigenvalue weighted by Crippen LogP contribution is 2.72. The van der Waals surface area contributed by atoms with E-state index in [9.17, 15) is 14.3 Å². The quantitative estimate of drug-likeness (QED) is 0.497. The van der Waals surface area contributed by atoms with Crippen molar-refractivity contribution in [3.8, 4) is 0 Å². The number of methoxy groups -OCH3 is 1. The summed E-state index contributed by atoms with van der Waals surface area (Å²) in [6.07, 6.45) is 14.5. The third-order valence-electron chi connectivity index (χ3n) is 13.1. The van der Waals surface area contributed by atoms with E-state index < -0.39 is 5.95 Å². The molecule has 5 saturated carbocycles. The van der Waals surface area contributed by atoms with Crippen LogP contribution in [0.4, 0.5) is 10.1 Å². The molecule has 6 aliphatic rings. The molecule has 0 bridgehead atoms. The van der Waals surface area contributed by atoms with Crippen LogP contribution in [0.5, 0.6) is 0 Å². The number of aromatic nitrogens is 1. The number of pyridine rings is 1. The second-order valence-electron chi connectivity index (χ2n) is 14.1. The van der Waals surface area contributed by atoms with E-state index in [1.54, 1.807) is 6.07 Å². The maximum Gasteiger partial charge on any atom is 0.227 e. The Kier molecular flexibility index (Phi) is 6.20. The average Bonchev–Trinajstić information content (AvgIpc) is 3.59. The Morgan fingerprint density at radius 2 is 1.95 bits per heavy atom. The molecule has 0 unspecified atom stereocenters. The Labute approximate surface area is 226 Å². The van der Waals surface area contributed by atoms with Gasteiger partial charge in [0.1, 0.15) is 0 Å². The molecular formula is C32H45FN2O3. The molecule has 7 rings (SSSR count). The summed E-state index contributed by atoms with van der Waals surface area (Å²) in [4.78, 5) is 19.1. The van der Waals surface area contributed by atoms with Crippen molar-refractivity contribution in [1.29, 1.82) is 0 Å². The van der Waals surface area contributed by atoms with Crippen molar-refractivity contribution in [1.82, 2.24) is 4.98 Å². The molecule has 38 heavy (non-hydrogen) atoms. The second kappa shape index (κ2) is 9.26. The summed E-state index contributed by atoms with van der Waals surface area (Å²) in [5, 5.41) is 10.4. The van der Waals surface area contributed by atoms with Gasteiger partial charge in [-0.2, -0.15) is 4.39 Å². The summed E-state index contributed by atoms with van der Waals surface area (Å²) in [5.41, 5.74) is 2.17. The van der Waals surface area contributed by atoms with Gasteiger partial charge in [-0.1, -0.05) is 6.92 Å². The minimum Gasteiger partial charge on any atom is -0.393 e. The normalized spacial score (nSPS) is 45.2. The summed E-state index contributed by atoms with van der Waals surface area (Å²) < 4.78 is 20.0. The van der Waals surface area contributed by atoms with E-state index >= 15 is 0 Å². The first-order valence-electron chi connectivity index (χ1n) is 15.5. The van der Waals surface area contributed by atoms with Crippen LogP contribution in [-0.4, -0.2) is 41.9 Å². The van der Waals surface area contributed by atoms with Crippen LogP contribution in [0.2, 0.25) is 0 Å². The molecule has 1 amide bonds. The predicted molar refractivity (Wildman–Crippen MR) is 144 cm³/mol. The molecule has 1 aromatic rings. The summed E-state index contributed by atoms with van der Waals surface area (Å²) in [7, 11) is 1.96. The lowest BCUT2D eigenvalue weighted by Gasteiger charge is -2.62. The van der Waals surface area contributed by atoms with E-state index in [0.29, 0.717) is 59.8 Å². The number of rotatable bonds is 4. The lowest BCUT2D eigenvalue weighted by Crippen LogP contribution is -2.59. The number of aliphatic hydroxyl groups is 1. The molecular weight excluding hydrogens is 479 g/mol. The highest BCUT2D eigenvalue weighted by atomic mass is 19.1. The minimum absolute atomic E-state index is 0.0987. The summed E-state index contributed by atoms with van der Waals surface area (Å²) in [5.74, 6) is 3.94. The average molecular weight is 525 g/mol. The van der Waals surface area contributed by atoms with Gasteiger partial charge in [0.05, 0.1) is 23.6 Å². The largest absolute Gasteiger partial charge is 0.393 e. The van der Waals surface area contributed by atoms with Gasteiger partial charge in [-0.25, -0.2) is 4.98 Å². The first kappa shape index (κ1) is 25.4. The number of hydrogen-bond donors (Lipinski definition) is 1. The Morgan fingerprint density at radius 1 is 1.11 bits per heavy atom. The van der Waals surface area contributed by atoms with Crippen molar-refractivity contribution in [2.24, 2.45) is 46.3 Å². The first-order valence-corrected chi connectivity index (χ1v) is 15.5. The van der Waals surface area contributed by atoms with Crippen LogP contribution < -0.4 is 4.90 Å². The number of hydrogen-bond acceptors (Lipinski definition) is 4. The molecule has 1 N–H and O–H groups in total. The molecule has 5 aliphatic carbocycles. The SMILES string of the molecule is CO[C@H]1C[C@H]2[C@@H](CC[C@@H]3C[C@H](O)CC[C@@]32C)[C@@H]2CC[C@@H]3[C@@H](CCC(=O)N4CCc5nc(F)ccc54)CC[C@@]132. The number of amides is 1. The molecule has 6 heteroatoms. The van der Waals surface area contributed by atoms with Crippen molar-refractivity contribution in [3.05, 3.63) is 23.8 Å². The van der Waals surface area contributed by atoms with Crippen molar-refractivity contribution >= 4 is 11.6 Å². The standard InChI is InChI=1S/C32H45FN2O3/c1-31-14-12-21(36)17-20(31)4-5-22-24-7-6-23-19(11-15-32(23,24)28(38-2)18-25(22)31)3-10-30(37)35-16-13-26-27(35)8-9-29(33)34-26/h8-9,19-25,28,36H,3-7,10-18H2,1-2H3/t19-,20+,21+,22-,23+,24-,25-,28-,31-,32+/m0/s1. The van der Waals surface area contributed by atoms with E-state index in [0.717, 1.165) is 42.7 Å². The monoisotopic (exact) mass is 524 g/mol. The fourth-order valence-corrected chi connectivity index (χ4v) is 11.5. The number of nitrogens with zero attached hydrogens (tertiary/aromatic N) is 2. The number of anilines is 1. The van der Waals surface area contributed by atoms with Gasteiger partial charge < -0.3 is 14.7 Å². The minimum atomic E-state index is -0.462. The first-order chi connectivity index (χ1) is 18.3. The van der Waals surface area contributed by atoms with Crippen molar-refractivity contribution in [2.45, 2.75) is 103 Å². The summed E-state index contributed by atoms with van der Waals surface area (Å²) >= 11 is 0. The molecule has 1 aromatic heterocycles. The van der Waals surface area contributed by atoms with Gasteiger partial charge in [0.15, 0.2) is 0 Å². The molecule has 1 aliphatic heterocycles. The number of aliphatic hydroxyl groups excluding tert-OH is 1. The number of carbonyl (C=O) groups excluding carboxylic acids is 1. The summed E-state index contributed by atoms with van der Waals surface area (Å²) in [6.45, 7) is 3.18. The van der Waals surface area contributed by atoms with Crippen LogP contribution in [-0.2, 0) is 16.0 Å². The van der Waals surface area contributed by atoms with Crippen LogP contribution in [0.3, 0.4) is 0 Å². The fourth-order valence-electron chi connectivity index (χ4n) is 11.5. The van der Waals surface area contributed by atoms with Crippen LogP contribution in [0, 0.1) is 52.3 Å². The van der Waals surface area contributed by atoms with Gasteiger partial charge in [-0.05, 0) is 124 Å². The van der Waals surface area contributed by atoms with Gasteiger partial charge in [0.2, 0.25) is 11.9 Å². The molecule has 1 spiro atoms. The van der Waals surface area contributed by atoms with Crippen LogP contribution in [0.15, 0.2) is 12.1 Å². The molecule has 0 aromatic carbocycles. The van der Waals surface area contributed by atoms with Gasteiger partial charge in [0, 0.05) is 31.9 Å². The molecule has 208 valence electrons. The van der Waals surface area contributed by atoms with E-state index in [1.807, 2.05) is 12.0 Å². The molecule has 0 saturated heterocycles. The Balaban J connectivity index is 1.07. The topological polar surface area (TPSA) is 62.7 Å². The van der Waals surface area contributed by atoms with Gasteiger partial charge in [0.25, 0.3) is 0 Å². The lowest BCUT2D eigenvalue weighted by molar-refractivity contribution is -0.181. The predicted octanol–water partition coefficient (Wildman–Crippen LogP) is 5.92. The van der Waals surface area contributed by atoms with Gasteiger partial charge >= 0.3 is 0 Å². The van der Waals surface area contributed by atoms with Crippen LogP contribution in [0.1, 0.15) is 89.7 Å². The van der Waals surface area contributed by atoms with Crippen molar-refractivity contribution in [3.63, 3.8) is 0 Å². The molecule has 10 atom stereocenters. The van der Waals surface area contributed by atoms with E-state index in [4.69, 9.17) is 4.74 Å². The lowest BCUT2D eigenvalue weighted by atomic mass is 9.44. The molecule has 2 heterocycles. The summed E-state index contributed by atoms with van der Waals surface area (Å²) in [6, 6.07) is 3.09. The molecule has 0 radical (unpaired) electrons. The van der Waals surface area contributed by atoms with Crippen molar-refractivity contribution < 1.29 is 19.0 Å². The number of halogens is 1. The van der Waals surface area contributed by atoms with Crippen molar-refractivity contribution in [2.75, 3.05) is 18.6 Å². The Morgan fingerprint density at radius 3 is 2.79 bits per heavy atom. The fraction of sp³-hybridized carbons (Fsp3) is 0.812. The number of ether oxygens (including phenoxy) is 1. The maximum absolute atomic E-state index is 13.6. The van der Waals surface area contributed by atoms with Crippen LogP contribution >= 0.6 is 0 Å². The van der Waals surface area contributed by atoms with E-state index in [2.05, 4.69) is 11.9 Å². The Bertz CT molecular complexity index is 1100. The number of carbonyl (C=O) groups is 1. The van der Waals surface area contributed by atoms with E-state index in [-0.39, 0.29) is 12.0 Å². The zero-order valence-electron chi connectivity index (χ0n) is 23.2. The zero-order valence-corrected chi connectivity index (χ0v) is 23.2. The van der Waals surface area contributed by atoms with Gasteiger partial charge in [-0.15, -0.1) is 0 Å². The smallest absolute Gasteiger partial charge is 0.227 e. The Hall–Kier alpha value is -1.53. The van der Waals surface area contributed by atoms with E-state index in [1.165, 1.54) is 57.4 Å².